The maximum absolute atomic E-state index is 13.2. The van der Waals surface area contributed by atoms with E-state index >= 15 is 0 Å². The molecule has 5 heteroatoms. The molecule has 2 saturated heterocycles. The number of carbonyl (C=O) groups is 1. The first-order valence-corrected chi connectivity index (χ1v) is 9.18. The lowest BCUT2D eigenvalue weighted by Gasteiger charge is -2.40. The Balaban J connectivity index is 1.75. The summed E-state index contributed by atoms with van der Waals surface area (Å²) < 4.78 is 7.81. The van der Waals surface area contributed by atoms with Crippen molar-refractivity contribution >= 4 is 5.91 Å². The minimum Gasteiger partial charge on any atom is -0.373 e. The van der Waals surface area contributed by atoms with Crippen molar-refractivity contribution in [1.82, 2.24) is 14.7 Å². The second kappa shape index (κ2) is 6.51. The van der Waals surface area contributed by atoms with E-state index in [2.05, 4.69) is 30.8 Å². The third kappa shape index (κ3) is 3.23. The predicted molar refractivity (Wildman–Crippen MR) is 93.5 cm³/mol. The van der Waals surface area contributed by atoms with E-state index in [1.54, 1.807) is 0 Å². The van der Waals surface area contributed by atoms with Gasteiger partial charge >= 0.3 is 0 Å². The van der Waals surface area contributed by atoms with Gasteiger partial charge in [0.2, 0.25) is 5.91 Å². The van der Waals surface area contributed by atoms with Gasteiger partial charge in [0, 0.05) is 38.0 Å². The van der Waals surface area contributed by atoms with Gasteiger partial charge in [-0.3, -0.25) is 9.48 Å². The molecule has 1 aromatic rings. The number of likely N-dealkylation sites (tertiary alicyclic amines) is 1. The van der Waals surface area contributed by atoms with E-state index < -0.39 is 0 Å². The van der Waals surface area contributed by atoms with Gasteiger partial charge in [-0.1, -0.05) is 20.8 Å². The Bertz CT molecular complexity index is 602. The Morgan fingerprint density at radius 2 is 2.08 bits per heavy atom. The van der Waals surface area contributed by atoms with E-state index in [1.807, 2.05) is 24.9 Å². The molecule has 3 atom stereocenters. The molecule has 0 saturated carbocycles. The van der Waals surface area contributed by atoms with Crippen LogP contribution in [0, 0.1) is 24.2 Å². The first-order chi connectivity index (χ1) is 11.3. The minimum atomic E-state index is -0.138. The van der Waals surface area contributed by atoms with Crippen molar-refractivity contribution in [2.75, 3.05) is 19.7 Å². The Labute approximate surface area is 145 Å². The van der Waals surface area contributed by atoms with E-state index in [1.165, 1.54) is 6.42 Å². The van der Waals surface area contributed by atoms with Crippen molar-refractivity contribution in [2.45, 2.75) is 53.1 Å². The number of hydrogen-bond donors (Lipinski definition) is 0. The third-order valence-electron chi connectivity index (χ3n) is 5.95. The van der Waals surface area contributed by atoms with E-state index in [9.17, 15) is 4.79 Å². The number of rotatable bonds is 2. The van der Waals surface area contributed by atoms with Gasteiger partial charge in [-0.05, 0) is 37.5 Å². The van der Waals surface area contributed by atoms with Crippen molar-refractivity contribution in [3.63, 3.8) is 0 Å². The van der Waals surface area contributed by atoms with Crippen LogP contribution in [-0.4, -0.2) is 40.3 Å². The molecule has 0 radical (unpaired) electrons. The van der Waals surface area contributed by atoms with Gasteiger partial charge in [-0.25, -0.2) is 0 Å². The smallest absolute Gasteiger partial charge is 0.228 e. The molecule has 3 heterocycles. The second-order valence-corrected chi connectivity index (χ2v) is 8.48. The van der Waals surface area contributed by atoms with Gasteiger partial charge in [-0.15, -0.1) is 0 Å². The van der Waals surface area contributed by atoms with Gasteiger partial charge in [0.05, 0.1) is 18.2 Å². The number of amides is 1. The van der Waals surface area contributed by atoms with Crippen LogP contribution >= 0.6 is 0 Å². The summed E-state index contributed by atoms with van der Waals surface area (Å²) in [5, 5.41) is 4.32. The van der Waals surface area contributed by atoms with Crippen molar-refractivity contribution in [2.24, 2.45) is 24.3 Å². The molecule has 1 amide bonds. The van der Waals surface area contributed by atoms with Crippen LogP contribution in [0.1, 0.15) is 57.4 Å². The Morgan fingerprint density at radius 3 is 2.71 bits per heavy atom. The summed E-state index contributed by atoms with van der Waals surface area (Å²) in [6.07, 6.45) is 4.87. The molecule has 1 aromatic heterocycles. The van der Waals surface area contributed by atoms with E-state index in [-0.39, 0.29) is 23.3 Å². The van der Waals surface area contributed by atoms with E-state index in [4.69, 9.17) is 4.74 Å². The van der Waals surface area contributed by atoms with Crippen LogP contribution in [0.4, 0.5) is 0 Å². The van der Waals surface area contributed by atoms with Crippen LogP contribution in [0.25, 0.3) is 0 Å². The highest BCUT2D eigenvalue weighted by Crippen LogP contribution is 2.39. The van der Waals surface area contributed by atoms with Crippen molar-refractivity contribution < 1.29 is 9.53 Å². The van der Waals surface area contributed by atoms with Crippen LogP contribution in [0.5, 0.6) is 0 Å². The highest BCUT2D eigenvalue weighted by atomic mass is 16.5. The zero-order valence-corrected chi connectivity index (χ0v) is 15.7. The Kier molecular flexibility index (Phi) is 4.73. The standard InChI is InChI=1S/C19H31N3O2/c1-13-16(11-20-21(13)5)17-15(8-10-24-17)18(23)22-9-6-7-14(12-22)19(2,3)4/h11,14-15,17H,6-10,12H2,1-5H3/t14-,15-,17-/m0/s1. The van der Waals surface area contributed by atoms with Crippen LogP contribution < -0.4 is 0 Å². The molecule has 0 bridgehead atoms. The fourth-order valence-corrected chi connectivity index (χ4v) is 4.06. The summed E-state index contributed by atoms with van der Waals surface area (Å²) in [6, 6.07) is 0. The van der Waals surface area contributed by atoms with Crippen LogP contribution in [-0.2, 0) is 16.6 Å². The largest absolute Gasteiger partial charge is 0.373 e. The average molecular weight is 333 g/mol. The van der Waals surface area contributed by atoms with Gasteiger partial charge in [0.25, 0.3) is 0 Å². The van der Waals surface area contributed by atoms with Crippen molar-refractivity contribution in [3.8, 4) is 0 Å². The lowest BCUT2D eigenvalue weighted by Crippen LogP contribution is -2.46. The van der Waals surface area contributed by atoms with Crippen molar-refractivity contribution in [3.05, 3.63) is 17.5 Å². The molecule has 5 nitrogen and oxygen atoms in total. The van der Waals surface area contributed by atoms with Crippen LogP contribution in [0.15, 0.2) is 6.20 Å². The zero-order valence-electron chi connectivity index (χ0n) is 15.7. The lowest BCUT2D eigenvalue weighted by atomic mass is 9.76. The predicted octanol–water partition coefficient (Wildman–Crippen LogP) is 3.09. The Hall–Kier alpha value is -1.36. The first kappa shape index (κ1) is 17.5. The topological polar surface area (TPSA) is 47.4 Å². The maximum Gasteiger partial charge on any atom is 0.228 e. The molecule has 2 aliphatic rings. The molecule has 3 rings (SSSR count). The molecule has 0 aromatic carbocycles. The fourth-order valence-electron chi connectivity index (χ4n) is 4.06. The zero-order chi connectivity index (χ0) is 17.5. The number of piperidine rings is 1. The highest BCUT2D eigenvalue weighted by Gasteiger charge is 2.41. The first-order valence-electron chi connectivity index (χ1n) is 9.18. The van der Waals surface area contributed by atoms with Crippen LogP contribution in [0.3, 0.4) is 0 Å². The summed E-state index contributed by atoms with van der Waals surface area (Å²) in [7, 11) is 1.93. The molecule has 134 valence electrons. The van der Waals surface area contributed by atoms with E-state index in [0.29, 0.717) is 12.5 Å². The van der Waals surface area contributed by atoms with Gasteiger partial charge in [0.15, 0.2) is 0 Å². The number of aryl methyl sites for hydroxylation is 1. The maximum atomic E-state index is 13.2. The monoisotopic (exact) mass is 333 g/mol. The summed E-state index contributed by atoms with van der Waals surface area (Å²) in [4.78, 5) is 15.3. The average Bonchev–Trinajstić information content (AvgIpc) is 3.14. The fraction of sp³-hybridized carbons (Fsp3) is 0.789. The number of hydrogen-bond acceptors (Lipinski definition) is 3. The molecule has 0 unspecified atom stereocenters. The summed E-state index contributed by atoms with van der Waals surface area (Å²) in [5.41, 5.74) is 2.41. The molecular formula is C19H31N3O2. The number of carbonyl (C=O) groups excluding carboxylic acids is 1. The summed E-state index contributed by atoms with van der Waals surface area (Å²) in [5.74, 6) is 0.789. The van der Waals surface area contributed by atoms with Gasteiger partial charge < -0.3 is 9.64 Å². The molecule has 0 spiro atoms. The number of ether oxygens (including phenoxy) is 1. The molecule has 0 N–H and O–H groups in total. The summed E-state index contributed by atoms with van der Waals surface area (Å²) >= 11 is 0. The van der Waals surface area contributed by atoms with Gasteiger partial charge in [-0.2, -0.15) is 5.10 Å². The molecular weight excluding hydrogens is 302 g/mol. The lowest BCUT2D eigenvalue weighted by molar-refractivity contribution is -0.140. The van der Waals surface area contributed by atoms with Crippen LogP contribution in [0.2, 0.25) is 0 Å². The minimum absolute atomic E-state index is 0.0633. The summed E-state index contributed by atoms with van der Waals surface area (Å²) in [6.45, 7) is 11.3. The van der Waals surface area contributed by atoms with E-state index in [0.717, 1.165) is 37.2 Å². The molecule has 2 aliphatic heterocycles. The normalized spacial score (nSPS) is 28.4. The SMILES string of the molecule is Cc1c([C@H]2OCC[C@@H]2C(=O)N2CCC[C@H](C(C)(C)C)C2)cnn1C. The molecule has 0 aliphatic carbocycles. The quantitative estimate of drug-likeness (QED) is 0.835. The number of nitrogens with zero attached hydrogens (tertiary/aromatic N) is 3. The Morgan fingerprint density at radius 1 is 1.33 bits per heavy atom. The van der Waals surface area contributed by atoms with Gasteiger partial charge in [0.1, 0.15) is 0 Å². The highest BCUT2D eigenvalue weighted by molar-refractivity contribution is 5.80. The number of aromatic nitrogens is 2. The third-order valence-corrected chi connectivity index (χ3v) is 5.95. The second-order valence-electron chi connectivity index (χ2n) is 8.48. The molecule has 2 fully saturated rings. The van der Waals surface area contributed by atoms with Crippen molar-refractivity contribution in [1.29, 1.82) is 0 Å². The molecule has 24 heavy (non-hydrogen) atoms.